The second-order valence-electron chi connectivity index (χ2n) is 4.12. The molecule has 0 radical (unpaired) electrons. The summed E-state index contributed by atoms with van der Waals surface area (Å²) in [5.74, 6) is -0.648. The molecule has 0 saturated heterocycles. The molecule has 21 heavy (non-hydrogen) atoms. The van der Waals surface area contributed by atoms with Crippen LogP contribution in [0.15, 0.2) is 56.7 Å². The van der Waals surface area contributed by atoms with Gasteiger partial charge in [0, 0.05) is 9.50 Å². The number of esters is 1. The number of sulfone groups is 1. The average molecular weight is 390 g/mol. The van der Waals surface area contributed by atoms with Crippen LogP contribution in [-0.4, -0.2) is 21.5 Å². The van der Waals surface area contributed by atoms with E-state index in [2.05, 4.69) is 20.7 Å². The maximum Gasteiger partial charge on any atom is 0.337 e. The number of rotatable bonds is 3. The van der Waals surface area contributed by atoms with Gasteiger partial charge in [0.05, 0.1) is 22.5 Å². The third-order valence-electron chi connectivity index (χ3n) is 2.73. The zero-order chi connectivity index (χ0) is 15.6. The van der Waals surface area contributed by atoms with E-state index in [0.717, 1.165) is 4.47 Å². The van der Waals surface area contributed by atoms with E-state index >= 15 is 0 Å². The fraction of sp³-hybridized carbons (Fsp3) is 0.0714. The molecule has 2 aromatic carbocycles. The van der Waals surface area contributed by atoms with Gasteiger partial charge >= 0.3 is 5.97 Å². The molecule has 0 atom stereocenters. The molecule has 0 unspecified atom stereocenters. The minimum Gasteiger partial charge on any atom is -0.465 e. The lowest BCUT2D eigenvalue weighted by atomic mass is 10.2. The second kappa shape index (κ2) is 6.17. The SMILES string of the molecule is COC(=O)c1cc(Cl)cc(S(=O)(=O)c2ccc(Br)cc2)c1. The van der Waals surface area contributed by atoms with Crippen molar-refractivity contribution in [2.45, 2.75) is 9.79 Å². The standard InChI is InChI=1S/C14H10BrClO4S/c1-20-14(17)9-6-11(16)8-13(7-9)21(18,19)12-4-2-10(15)3-5-12/h2-8H,1H3. The molecule has 0 heterocycles. The van der Waals surface area contributed by atoms with Gasteiger partial charge in [-0.15, -0.1) is 0 Å². The summed E-state index contributed by atoms with van der Waals surface area (Å²) in [7, 11) is -2.54. The van der Waals surface area contributed by atoms with Gasteiger partial charge in [-0.3, -0.25) is 0 Å². The van der Waals surface area contributed by atoms with Crippen LogP contribution in [-0.2, 0) is 14.6 Å². The van der Waals surface area contributed by atoms with E-state index < -0.39 is 15.8 Å². The fourth-order valence-corrected chi connectivity index (χ4v) is 3.60. The van der Waals surface area contributed by atoms with Crippen molar-refractivity contribution in [2.24, 2.45) is 0 Å². The van der Waals surface area contributed by atoms with Gasteiger partial charge in [0.25, 0.3) is 0 Å². The molecule has 0 bridgehead atoms. The number of hydrogen-bond acceptors (Lipinski definition) is 4. The Morgan fingerprint density at radius 1 is 1.10 bits per heavy atom. The molecule has 0 saturated carbocycles. The van der Waals surface area contributed by atoms with Crippen LogP contribution in [0.25, 0.3) is 0 Å². The fourth-order valence-electron chi connectivity index (χ4n) is 1.70. The summed E-state index contributed by atoms with van der Waals surface area (Å²) in [6.07, 6.45) is 0. The zero-order valence-electron chi connectivity index (χ0n) is 10.8. The second-order valence-corrected chi connectivity index (χ2v) is 7.43. The molecule has 0 fully saturated rings. The van der Waals surface area contributed by atoms with Gasteiger partial charge in [0.1, 0.15) is 0 Å². The van der Waals surface area contributed by atoms with E-state index in [1.165, 1.54) is 37.4 Å². The summed E-state index contributed by atoms with van der Waals surface area (Å²) < 4.78 is 30.4. The Morgan fingerprint density at radius 3 is 2.29 bits per heavy atom. The van der Waals surface area contributed by atoms with E-state index in [-0.39, 0.29) is 20.4 Å². The van der Waals surface area contributed by atoms with Gasteiger partial charge in [-0.1, -0.05) is 27.5 Å². The molecule has 7 heteroatoms. The van der Waals surface area contributed by atoms with Crippen LogP contribution >= 0.6 is 27.5 Å². The highest BCUT2D eigenvalue weighted by molar-refractivity contribution is 9.10. The van der Waals surface area contributed by atoms with Crippen molar-refractivity contribution in [3.63, 3.8) is 0 Å². The largest absolute Gasteiger partial charge is 0.465 e. The summed E-state index contributed by atoms with van der Waals surface area (Å²) in [5, 5.41) is 0.147. The molecule has 2 rings (SSSR count). The van der Waals surface area contributed by atoms with Gasteiger partial charge in [0.2, 0.25) is 9.84 Å². The van der Waals surface area contributed by atoms with Gasteiger partial charge in [-0.2, -0.15) is 0 Å². The van der Waals surface area contributed by atoms with Crippen molar-refractivity contribution >= 4 is 43.3 Å². The molecule has 0 aliphatic carbocycles. The first-order valence-electron chi connectivity index (χ1n) is 5.74. The van der Waals surface area contributed by atoms with E-state index in [1.54, 1.807) is 12.1 Å². The van der Waals surface area contributed by atoms with E-state index in [9.17, 15) is 13.2 Å². The molecule has 0 aromatic heterocycles. The summed E-state index contributed by atoms with van der Waals surface area (Å²) >= 11 is 9.13. The number of ether oxygens (including phenoxy) is 1. The Kier molecular flexibility index (Phi) is 4.70. The van der Waals surface area contributed by atoms with Crippen molar-refractivity contribution in [1.82, 2.24) is 0 Å². The minimum absolute atomic E-state index is 0.0577. The molecular formula is C14H10BrClO4S. The Balaban J connectivity index is 2.57. The number of halogens is 2. The predicted molar refractivity (Wildman–Crippen MR) is 82.4 cm³/mol. The highest BCUT2D eigenvalue weighted by atomic mass is 79.9. The number of hydrogen-bond donors (Lipinski definition) is 0. The lowest BCUT2D eigenvalue weighted by molar-refractivity contribution is 0.0600. The van der Waals surface area contributed by atoms with Crippen LogP contribution in [0.2, 0.25) is 5.02 Å². The van der Waals surface area contributed by atoms with Crippen LogP contribution < -0.4 is 0 Å². The normalized spacial score (nSPS) is 11.2. The van der Waals surface area contributed by atoms with Gasteiger partial charge in [-0.25, -0.2) is 13.2 Å². The lowest BCUT2D eigenvalue weighted by Crippen LogP contribution is -2.06. The van der Waals surface area contributed by atoms with Gasteiger partial charge in [-0.05, 0) is 42.5 Å². The number of carbonyl (C=O) groups excluding carboxylic acids is 1. The van der Waals surface area contributed by atoms with Crippen molar-refractivity contribution in [3.05, 3.63) is 57.5 Å². The minimum atomic E-state index is -3.76. The third-order valence-corrected chi connectivity index (χ3v) is 5.22. The van der Waals surface area contributed by atoms with E-state index in [0.29, 0.717) is 0 Å². The van der Waals surface area contributed by atoms with Crippen molar-refractivity contribution in [3.8, 4) is 0 Å². The van der Waals surface area contributed by atoms with Gasteiger partial charge in [0.15, 0.2) is 0 Å². The number of carbonyl (C=O) groups is 1. The summed E-state index contributed by atoms with van der Waals surface area (Å²) in [4.78, 5) is 11.6. The molecule has 0 amide bonds. The first-order valence-corrected chi connectivity index (χ1v) is 8.39. The smallest absolute Gasteiger partial charge is 0.337 e. The Hall–Kier alpha value is -1.37. The zero-order valence-corrected chi connectivity index (χ0v) is 14.0. The predicted octanol–water partition coefficient (Wildman–Crippen LogP) is 3.72. The molecule has 2 aromatic rings. The Labute approximate surface area is 135 Å². The molecule has 110 valence electrons. The van der Waals surface area contributed by atoms with Crippen LogP contribution in [0.5, 0.6) is 0 Å². The monoisotopic (exact) mass is 388 g/mol. The Morgan fingerprint density at radius 2 is 1.71 bits per heavy atom. The first-order chi connectivity index (χ1) is 9.84. The van der Waals surface area contributed by atoms with Crippen LogP contribution in [0.1, 0.15) is 10.4 Å². The third kappa shape index (κ3) is 3.45. The van der Waals surface area contributed by atoms with Crippen molar-refractivity contribution in [1.29, 1.82) is 0 Å². The summed E-state index contributed by atoms with van der Waals surface area (Å²) in [5.41, 5.74) is 0.0840. The molecule has 0 aliphatic rings. The van der Waals surface area contributed by atoms with E-state index in [4.69, 9.17) is 11.6 Å². The lowest BCUT2D eigenvalue weighted by Gasteiger charge is -2.07. The van der Waals surface area contributed by atoms with Crippen LogP contribution in [0, 0.1) is 0 Å². The summed E-state index contributed by atoms with van der Waals surface area (Å²) in [6, 6.07) is 10.1. The van der Waals surface area contributed by atoms with Crippen molar-refractivity contribution < 1.29 is 17.9 Å². The number of methoxy groups -OCH3 is 1. The van der Waals surface area contributed by atoms with Crippen molar-refractivity contribution in [2.75, 3.05) is 7.11 Å². The quantitative estimate of drug-likeness (QED) is 0.751. The first kappa shape index (κ1) is 16.0. The highest BCUT2D eigenvalue weighted by Crippen LogP contribution is 2.26. The molecule has 0 aliphatic heterocycles. The Bertz CT molecular complexity index is 785. The topological polar surface area (TPSA) is 60.4 Å². The van der Waals surface area contributed by atoms with Gasteiger partial charge < -0.3 is 4.74 Å². The maximum absolute atomic E-state index is 12.5. The maximum atomic E-state index is 12.5. The van der Waals surface area contributed by atoms with Crippen LogP contribution in [0.4, 0.5) is 0 Å². The van der Waals surface area contributed by atoms with Crippen LogP contribution in [0.3, 0.4) is 0 Å². The highest BCUT2D eigenvalue weighted by Gasteiger charge is 2.20. The molecule has 0 N–H and O–H groups in total. The number of benzene rings is 2. The van der Waals surface area contributed by atoms with E-state index in [1.807, 2.05) is 0 Å². The average Bonchev–Trinajstić information content (AvgIpc) is 2.46. The molecular weight excluding hydrogens is 380 g/mol. The molecule has 0 spiro atoms. The summed E-state index contributed by atoms with van der Waals surface area (Å²) in [6.45, 7) is 0. The molecule has 4 nitrogen and oxygen atoms in total.